The van der Waals surface area contributed by atoms with Gasteiger partial charge in [-0.1, -0.05) is 23.7 Å². The first kappa shape index (κ1) is 16.2. The summed E-state index contributed by atoms with van der Waals surface area (Å²) < 4.78 is 32.7. The van der Waals surface area contributed by atoms with Gasteiger partial charge < -0.3 is 15.2 Å². The highest BCUT2D eigenvalue weighted by Crippen LogP contribution is 2.33. The minimum atomic E-state index is -3.80. The Hall–Kier alpha value is -2.30. The van der Waals surface area contributed by atoms with Crippen molar-refractivity contribution in [3.8, 4) is 0 Å². The highest BCUT2D eigenvalue weighted by molar-refractivity contribution is 7.89. The van der Waals surface area contributed by atoms with E-state index in [1.807, 2.05) is 12.1 Å². The van der Waals surface area contributed by atoms with Gasteiger partial charge in [0.1, 0.15) is 0 Å². The van der Waals surface area contributed by atoms with Crippen LogP contribution < -0.4 is 5.73 Å². The lowest BCUT2D eigenvalue weighted by molar-refractivity contribution is 0.239. The van der Waals surface area contributed by atoms with Gasteiger partial charge in [-0.3, -0.25) is 0 Å². The van der Waals surface area contributed by atoms with Crippen LogP contribution in [0, 0.1) is 0 Å². The second kappa shape index (κ2) is 6.21. The van der Waals surface area contributed by atoms with Crippen LogP contribution >= 0.6 is 0 Å². The summed E-state index contributed by atoms with van der Waals surface area (Å²) in [6, 6.07) is 6.73. The van der Waals surface area contributed by atoms with Gasteiger partial charge in [-0.25, -0.2) is 13.4 Å². The summed E-state index contributed by atoms with van der Waals surface area (Å²) in [5.74, 6) is 0.640. The Bertz CT molecular complexity index is 963. The molecular weight excluding hydrogens is 344 g/mol. The Morgan fingerprint density at radius 1 is 1.28 bits per heavy atom. The molecular formula is C15H18N6O3S. The Morgan fingerprint density at radius 2 is 2.12 bits per heavy atom. The molecule has 132 valence electrons. The number of aromatic nitrogens is 4. The molecule has 1 fully saturated rings. The number of nitrogens with two attached hydrogens (primary N) is 1. The zero-order chi connectivity index (χ0) is 17.4. The van der Waals surface area contributed by atoms with Crippen molar-refractivity contribution in [2.75, 3.05) is 6.54 Å². The molecule has 2 aromatic heterocycles. The zero-order valence-electron chi connectivity index (χ0n) is 13.4. The third kappa shape index (κ3) is 2.81. The summed E-state index contributed by atoms with van der Waals surface area (Å²) in [6.45, 7) is 0.507. The minimum Gasteiger partial charge on any atom is -0.338 e. The van der Waals surface area contributed by atoms with Crippen molar-refractivity contribution in [1.29, 1.82) is 0 Å². The van der Waals surface area contributed by atoms with Crippen molar-refractivity contribution < 1.29 is 12.9 Å². The molecule has 9 nitrogen and oxygen atoms in total. The van der Waals surface area contributed by atoms with Crippen LogP contribution in [0.3, 0.4) is 0 Å². The first-order chi connectivity index (χ1) is 12.1. The lowest BCUT2D eigenvalue weighted by Crippen LogP contribution is -2.39. The van der Waals surface area contributed by atoms with Crippen molar-refractivity contribution in [3.63, 3.8) is 0 Å². The molecule has 3 N–H and O–H groups in total. The van der Waals surface area contributed by atoms with Crippen LogP contribution in [-0.4, -0.2) is 39.4 Å². The van der Waals surface area contributed by atoms with Crippen LogP contribution in [0.5, 0.6) is 0 Å². The van der Waals surface area contributed by atoms with Crippen LogP contribution in [0.4, 0.5) is 0 Å². The topological polar surface area (TPSA) is 131 Å². The van der Waals surface area contributed by atoms with Gasteiger partial charge in [0, 0.05) is 6.54 Å². The number of rotatable bonds is 4. The first-order valence-corrected chi connectivity index (χ1v) is 9.53. The van der Waals surface area contributed by atoms with E-state index in [9.17, 15) is 8.42 Å². The van der Waals surface area contributed by atoms with E-state index in [0.717, 1.165) is 12.8 Å². The van der Waals surface area contributed by atoms with Crippen molar-refractivity contribution in [2.45, 2.75) is 37.0 Å². The normalized spacial score (nSPS) is 19.5. The summed E-state index contributed by atoms with van der Waals surface area (Å²) in [4.78, 5) is 11.3. The molecule has 0 amide bonds. The molecule has 1 unspecified atom stereocenters. The number of imidazole rings is 1. The van der Waals surface area contributed by atoms with Gasteiger partial charge in [0.2, 0.25) is 11.0 Å². The van der Waals surface area contributed by atoms with E-state index < -0.39 is 16.1 Å². The van der Waals surface area contributed by atoms with E-state index in [4.69, 9.17) is 10.3 Å². The quantitative estimate of drug-likeness (QED) is 0.715. The van der Waals surface area contributed by atoms with Crippen LogP contribution in [0.15, 0.2) is 33.9 Å². The number of H-pyrrole nitrogens is 1. The maximum atomic E-state index is 13.1. The third-order valence-electron chi connectivity index (χ3n) is 4.33. The van der Waals surface area contributed by atoms with E-state index in [1.165, 1.54) is 4.31 Å². The summed E-state index contributed by atoms with van der Waals surface area (Å²) in [7, 11) is -3.80. The highest BCUT2D eigenvalue weighted by atomic mass is 32.2. The standard InChI is InChI=1S/C15H18N6O3S/c16-9-13-19-14(20-24-13)12-7-3-4-8-21(12)25(22,23)15-17-10-5-1-2-6-11(10)18-15/h1-2,5-6,12H,3-4,7-9,16H2,(H,17,18). The number of hydrogen-bond donors (Lipinski definition) is 2. The summed E-state index contributed by atoms with van der Waals surface area (Å²) in [5, 5.41) is 3.84. The second-order valence-electron chi connectivity index (χ2n) is 5.94. The molecule has 1 saturated heterocycles. The maximum Gasteiger partial charge on any atom is 0.277 e. The van der Waals surface area contributed by atoms with E-state index in [0.29, 0.717) is 35.7 Å². The number of piperidine rings is 1. The molecule has 0 saturated carbocycles. The molecule has 4 rings (SSSR count). The molecule has 1 atom stereocenters. The SMILES string of the molecule is NCc1nc(C2CCCCN2S(=O)(=O)c2nc3ccccc3[nH]2)no1. The molecule has 0 aliphatic carbocycles. The predicted octanol–water partition coefficient (Wildman–Crippen LogP) is 1.32. The molecule has 25 heavy (non-hydrogen) atoms. The van der Waals surface area contributed by atoms with Crippen molar-refractivity contribution >= 4 is 21.1 Å². The minimum absolute atomic E-state index is 0.0665. The number of fused-ring (bicyclic) bond motifs is 1. The van der Waals surface area contributed by atoms with Crippen LogP contribution in [0.2, 0.25) is 0 Å². The Morgan fingerprint density at radius 3 is 2.88 bits per heavy atom. The first-order valence-electron chi connectivity index (χ1n) is 8.09. The molecule has 10 heteroatoms. The zero-order valence-corrected chi connectivity index (χ0v) is 14.2. The molecule has 1 aromatic carbocycles. The lowest BCUT2D eigenvalue weighted by atomic mass is 10.0. The number of aromatic amines is 1. The molecule has 1 aliphatic rings. The average molecular weight is 362 g/mol. The summed E-state index contributed by atoms with van der Waals surface area (Å²) in [5.41, 5.74) is 6.80. The number of sulfonamides is 1. The monoisotopic (exact) mass is 362 g/mol. The number of benzene rings is 1. The largest absolute Gasteiger partial charge is 0.338 e. The number of nitrogens with zero attached hydrogens (tertiary/aromatic N) is 4. The molecule has 0 bridgehead atoms. The van der Waals surface area contributed by atoms with Crippen molar-refractivity contribution in [3.05, 3.63) is 36.0 Å². The van der Waals surface area contributed by atoms with Gasteiger partial charge in [0.25, 0.3) is 10.0 Å². The number of para-hydroxylation sites is 2. The Labute approximate surface area is 144 Å². The summed E-state index contributed by atoms with van der Waals surface area (Å²) in [6.07, 6.45) is 2.30. The molecule has 0 spiro atoms. The van der Waals surface area contributed by atoms with Gasteiger partial charge in [-0.2, -0.15) is 9.29 Å². The smallest absolute Gasteiger partial charge is 0.277 e. The molecule has 3 aromatic rings. The van der Waals surface area contributed by atoms with Crippen molar-refractivity contribution in [1.82, 2.24) is 24.4 Å². The van der Waals surface area contributed by atoms with E-state index in [-0.39, 0.29) is 11.7 Å². The second-order valence-corrected chi connectivity index (χ2v) is 7.74. The fraction of sp³-hybridized carbons (Fsp3) is 0.400. The predicted molar refractivity (Wildman–Crippen MR) is 88.8 cm³/mol. The molecule has 3 heterocycles. The number of hydrogen-bond acceptors (Lipinski definition) is 7. The van der Waals surface area contributed by atoms with Crippen LogP contribution in [0.25, 0.3) is 11.0 Å². The van der Waals surface area contributed by atoms with E-state index in [1.54, 1.807) is 12.1 Å². The fourth-order valence-corrected chi connectivity index (χ4v) is 4.68. The molecule has 1 aliphatic heterocycles. The van der Waals surface area contributed by atoms with E-state index >= 15 is 0 Å². The van der Waals surface area contributed by atoms with Gasteiger partial charge in [-0.15, -0.1) is 0 Å². The van der Waals surface area contributed by atoms with Gasteiger partial charge in [0.05, 0.1) is 23.6 Å². The third-order valence-corrected chi connectivity index (χ3v) is 6.07. The lowest BCUT2D eigenvalue weighted by Gasteiger charge is -2.31. The van der Waals surface area contributed by atoms with Crippen LogP contribution in [-0.2, 0) is 16.6 Å². The Balaban J connectivity index is 1.73. The Kier molecular flexibility index (Phi) is 4.02. The molecule has 0 radical (unpaired) electrons. The average Bonchev–Trinajstić information content (AvgIpc) is 3.28. The van der Waals surface area contributed by atoms with Crippen LogP contribution in [0.1, 0.15) is 37.0 Å². The van der Waals surface area contributed by atoms with Crippen molar-refractivity contribution in [2.24, 2.45) is 5.73 Å². The van der Waals surface area contributed by atoms with Gasteiger partial charge >= 0.3 is 0 Å². The highest BCUT2D eigenvalue weighted by Gasteiger charge is 2.38. The fourth-order valence-electron chi connectivity index (χ4n) is 3.10. The van der Waals surface area contributed by atoms with Gasteiger partial charge in [-0.05, 0) is 25.0 Å². The van der Waals surface area contributed by atoms with Gasteiger partial charge in [0.15, 0.2) is 5.82 Å². The summed E-state index contributed by atoms with van der Waals surface area (Å²) >= 11 is 0. The number of nitrogens with one attached hydrogen (secondary N) is 1. The maximum absolute atomic E-state index is 13.1. The van der Waals surface area contributed by atoms with E-state index in [2.05, 4.69) is 20.1 Å².